The number of nitrogens with one attached hydrogen (secondary N) is 1. The molecule has 0 unspecified atom stereocenters. The smallest absolute Gasteiger partial charge is 0.137 e. The molecule has 1 aromatic rings. The van der Waals surface area contributed by atoms with Crippen LogP contribution in [-0.4, -0.2) is 41.9 Å². The van der Waals surface area contributed by atoms with E-state index in [1.54, 1.807) is 0 Å². The molecule has 1 aliphatic rings. The molecule has 100 valence electrons. The van der Waals surface area contributed by atoms with Crippen molar-refractivity contribution in [1.82, 2.24) is 9.78 Å². The molecule has 0 atom stereocenters. The number of hydrogen-bond acceptors (Lipinski definition) is 4. The van der Waals surface area contributed by atoms with Crippen LogP contribution in [0.15, 0.2) is 0 Å². The molecule has 1 aromatic heterocycles. The molecule has 2 rings (SSSR count). The minimum absolute atomic E-state index is 0.0782. The van der Waals surface area contributed by atoms with Crippen molar-refractivity contribution in [2.45, 2.75) is 25.8 Å². The van der Waals surface area contributed by atoms with Crippen molar-refractivity contribution in [2.75, 3.05) is 25.2 Å². The third-order valence-electron chi connectivity index (χ3n) is 3.53. The minimum Gasteiger partial charge on any atom is -0.384 e. The van der Waals surface area contributed by atoms with E-state index < -0.39 is 0 Å². The number of rotatable bonds is 3. The van der Waals surface area contributed by atoms with E-state index in [4.69, 9.17) is 15.9 Å². The summed E-state index contributed by atoms with van der Waals surface area (Å²) in [7, 11) is 3.93. The SMILES string of the molecule is Cc1nn(C)c(N(C)C2CCOCC2)c1C(=N)N. The van der Waals surface area contributed by atoms with E-state index in [-0.39, 0.29) is 5.84 Å². The first-order chi connectivity index (χ1) is 8.52. The summed E-state index contributed by atoms with van der Waals surface area (Å²) in [5, 5.41) is 12.1. The number of nitrogens with two attached hydrogens (primary N) is 1. The molecule has 1 aliphatic heterocycles. The summed E-state index contributed by atoms with van der Waals surface area (Å²) >= 11 is 0. The monoisotopic (exact) mass is 251 g/mol. The zero-order valence-corrected chi connectivity index (χ0v) is 11.2. The van der Waals surface area contributed by atoms with Crippen LogP contribution in [0.2, 0.25) is 0 Å². The van der Waals surface area contributed by atoms with Gasteiger partial charge in [0.1, 0.15) is 11.7 Å². The van der Waals surface area contributed by atoms with Crippen LogP contribution in [0.1, 0.15) is 24.1 Å². The van der Waals surface area contributed by atoms with Gasteiger partial charge in [0.2, 0.25) is 0 Å². The van der Waals surface area contributed by atoms with E-state index in [9.17, 15) is 0 Å². The molecule has 0 bridgehead atoms. The number of amidine groups is 1. The minimum atomic E-state index is 0.0782. The van der Waals surface area contributed by atoms with E-state index >= 15 is 0 Å². The molecule has 0 radical (unpaired) electrons. The Balaban J connectivity index is 2.34. The molecule has 0 aromatic carbocycles. The highest BCUT2D eigenvalue weighted by Gasteiger charge is 2.25. The van der Waals surface area contributed by atoms with Gasteiger partial charge in [0.05, 0.1) is 11.3 Å². The second kappa shape index (κ2) is 4.97. The van der Waals surface area contributed by atoms with Crippen molar-refractivity contribution in [2.24, 2.45) is 12.8 Å². The van der Waals surface area contributed by atoms with Gasteiger partial charge in [-0.3, -0.25) is 10.1 Å². The van der Waals surface area contributed by atoms with Gasteiger partial charge in [-0.2, -0.15) is 5.10 Å². The first kappa shape index (κ1) is 12.9. The highest BCUT2D eigenvalue weighted by atomic mass is 16.5. The maximum absolute atomic E-state index is 7.71. The van der Waals surface area contributed by atoms with Crippen molar-refractivity contribution in [3.05, 3.63) is 11.3 Å². The van der Waals surface area contributed by atoms with Crippen molar-refractivity contribution < 1.29 is 4.74 Å². The second-order valence-corrected chi connectivity index (χ2v) is 4.78. The lowest BCUT2D eigenvalue weighted by Crippen LogP contribution is -2.38. The first-order valence-corrected chi connectivity index (χ1v) is 6.21. The van der Waals surface area contributed by atoms with Crippen LogP contribution in [0.5, 0.6) is 0 Å². The number of ether oxygens (including phenoxy) is 1. The van der Waals surface area contributed by atoms with Crippen LogP contribution in [0.3, 0.4) is 0 Å². The largest absolute Gasteiger partial charge is 0.384 e. The van der Waals surface area contributed by atoms with Gasteiger partial charge in [0.25, 0.3) is 0 Å². The average Bonchev–Trinajstić information content (AvgIpc) is 2.64. The van der Waals surface area contributed by atoms with E-state index in [0.717, 1.165) is 43.1 Å². The highest BCUT2D eigenvalue weighted by molar-refractivity contribution is 6.00. The molecule has 2 heterocycles. The van der Waals surface area contributed by atoms with Crippen LogP contribution in [0.25, 0.3) is 0 Å². The molecule has 6 nitrogen and oxygen atoms in total. The Morgan fingerprint density at radius 3 is 2.67 bits per heavy atom. The molecular formula is C12H21N5O. The van der Waals surface area contributed by atoms with E-state index in [2.05, 4.69) is 10.00 Å². The number of aryl methyl sites for hydroxylation is 2. The predicted octanol–water partition coefficient (Wildman–Crippen LogP) is 0.628. The Kier molecular flexibility index (Phi) is 3.56. The number of nitrogens with zero attached hydrogens (tertiary/aromatic N) is 3. The van der Waals surface area contributed by atoms with Crippen molar-refractivity contribution in [1.29, 1.82) is 5.41 Å². The Morgan fingerprint density at radius 1 is 1.50 bits per heavy atom. The standard InChI is InChI=1S/C12H21N5O/c1-8-10(11(13)14)12(17(3)15-8)16(2)9-4-6-18-7-5-9/h9H,4-7H2,1-3H3,(H3,13,14). The van der Waals surface area contributed by atoms with Gasteiger partial charge in [0.15, 0.2) is 0 Å². The molecule has 1 saturated heterocycles. The molecule has 0 aliphatic carbocycles. The van der Waals surface area contributed by atoms with Gasteiger partial charge in [0, 0.05) is 33.4 Å². The third-order valence-corrected chi connectivity index (χ3v) is 3.53. The normalized spacial score (nSPS) is 16.8. The fourth-order valence-corrected chi connectivity index (χ4v) is 2.61. The molecule has 6 heteroatoms. The zero-order valence-electron chi connectivity index (χ0n) is 11.2. The molecule has 18 heavy (non-hydrogen) atoms. The van der Waals surface area contributed by atoms with Gasteiger partial charge >= 0.3 is 0 Å². The number of aromatic nitrogens is 2. The summed E-state index contributed by atoms with van der Waals surface area (Å²) in [5.74, 6) is 1.00. The summed E-state index contributed by atoms with van der Waals surface area (Å²) in [5.41, 5.74) is 7.22. The molecule has 0 amide bonds. The maximum atomic E-state index is 7.71. The van der Waals surface area contributed by atoms with Crippen LogP contribution in [0, 0.1) is 12.3 Å². The van der Waals surface area contributed by atoms with Crippen LogP contribution in [-0.2, 0) is 11.8 Å². The Labute approximate surface area is 107 Å². The Morgan fingerprint density at radius 2 is 2.11 bits per heavy atom. The summed E-state index contributed by atoms with van der Waals surface area (Å²) in [6, 6.07) is 0.423. The average molecular weight is 251 g/mol. The van der Waals surface area contributed by atoms with Crippen molar-refractivity contribution in [3.63, 3.8) is 0 Å². The lowest BCUT2D eigenvalue weighted by Gasteiger charge is -2.33. The van der Waals surface area contributed by atoms with Gasteiger partial charge in [-0.15, -0.1) is 0 Å². The van der Waals surface area contributed by atoms with Crippen LogP contribution in [0.4, 0.5) is 5.82 Å². The fourth-order valence-electron chi connectivity index (χ4n) is 2.61. The molecule has 1 fully saturated rings. The first-order valence-electron chi connectivity index (χ1n) is 6.21. The maximum Gasteiger partial charge on any atom is 0.137 e. The van der Waals surface area contributed by atoms with Gasteiger partial charge in [-0.1, -0.05) is 0 Å². The van der Waals surface area contributed by atoms with E-state index in [1.807, 2.05) is 25.7 Å². The number of nitrogen functional groups attached to an aromatic ring is 1. The lowest BCUT2D eigenvalue weighted by atomic mass is 10.1. The Hall–Kier alpha value is -1.56. The van der Waals surface area contributed by atoms with Crippen molar-refractivity contribution >= 4 is 11.7 Å². The molecule has 3 N–H and O–H groups in total. The van der Waals surface area contributed by atoms with Gasteiger partial charge in [-0.25, -0.2) is 0 Å². The molecule has 0 spiro atoms. The zero-order chi connectivity index (χ0) is 13.3. The predicted molar refractivity (Wildman–Crippen MR) is 71.2 cm³/mol. The van der Waals surface area contributed by atoms with E-state index in [1.165, 1.54) is 0 Å². The third kappa shape index (κ3) is 2.20. The summed E-state index contributed by atoms with van der Waals surface area (Å²) in [4.78, 5) is 2.18. The lowest BCUT2D eigenvalue weighted by molar-refractivity contribution is 0.0852. The van der Waals surface area contributed by atoms with E-state index in [0.29, 0.717) is 6.04 Å². The topological polar surface area (TPSA) is 80.2 Å². The quantitative estimate of drug-likeness (QED) is 0.610. The van der Waals surface area contributed by atoms with Gasteiger partial charge < -0.3 is 15.4 Å². The fraction of sp³-hybridized carbons (Fsp3) is 0.667. The molecule has 0 saturated carbocycles. The van der Waals surface area contributed by atoms with Crippen molar-refractivity contribution in [3.8, 4) is 0 Å². The second-order valence-electron chi connectivity index (χ2n) is 4.78. The van der Waals surface area contributed by atoms with Crippen LogP contribution >= 0.6 is 0 Å². The summed E-state index contributed by atoms with van der Waals surface area (Å²) in [6.45, 7) is 3.47. The highest BCUT2D eigenvalue weighted by Crippen LogP contribution is 2.26. The number of anilines is 1. The van der Waals surface area contributed by atoms with Gasteiger partial charge in [-0.05, 0) is 19.8 Å². The number of hydrogen-bond donors (Lipinski definition) is 2. The summed E-state index contributed by atoms with van der Waals surface area (Å²) < 4.78 is 7.19. The Bertz CT molecular complexity index is 448. The summed E-state index contributed by atoms with van der Waals surface area (Å²) in [6.07, 6.45) is 2.00. The van der Waals surface area contributed by atoms with Crippen LogP contribution < -0.4 is 10.6 Å². The molecular weight excluding hydrogens is 230 g/mol.